The van der Waals surface area contributed by atoms with E-state index in [9.17, 15) is 4.79 Å². The number of hydrogen-bond donors (Lipinski definition) is 2. The highest BCUT2D eigenvalue weighted by Crippen LogP contribution is 2.34. The molecular formula is C16H13N3OS. The van der Waals surface area contributed by atoms with E-state index in [1.54, 1.807) is 18.2 Å². The van der Waals surface area contributed by atoms with Crippen LogP contribution in [0.4, 0.5) is 5.69 Å². The highest BCUT2D eigenvalue weighted by molar-refractivity contribution is 7.13. The Hall–Kier alpha value is -2.66. The molecule has 4 nitrogen and oxygen atoms in total. The molecule has 104 valence electrons. The quantitative estimate of drug-likeness (QED) is 0.728. The van der Waals surface area contributed by atoms with Crippen LogP contribution in [-0.4, -0.2) is 10.9 Å². The molecule has 0 aliphatic rings. The molecule has 0 fully saturated rings. The number of nitrogens with zero attached hydrogens (tertiary/aromatic N) is 1. The second-order valence-corrected chi connectivity index (χ2v) is 5.40. The highest BCUT2D eigenvalue weighted by atomic mass is 32.1. The molecule has 0 unspecified atom stereocenters. The zero-order chi connectivity index (χ0) is 14.8. The number of anilines is 1. The van der Waals surface area contributed by atoms with E-state index in [1.807, 2.05) is 35.7 Å². The van der Waals surface area contributed by atoms with Crippen LogP contribution in [0.1, 0.15) is 10.4 Å². The van der Waals surface area contributed by atoms with Crippen LogP contribution >= 0.6 is 11.3 Å². The van der Waals surface area contributed by atoms with Crippen molar-refractivity contribution in [2.75, 3.05) is 5.73 Å². The molecule has 1 aromatic heterocycles. The fraction of sp³-hybridized carbons (Fsp3) is 0. The van der Waals surface area contributed by atoms with Crippen molar-refractivity contribution in [1.29, 1.82) is 0 Å². The Morgan fingerprint density at radius 3 is 2.52 bits per heavy atom. The summed E-state index contributed by atoms with van der Waals surface area (Å²) in [6.45, 7) is 0. The van der Waals surface area contributed by atoms with Gasteiger partial charge in [-0.15, -0.1) is 11.3 Å². The van der Waals surface area contributed by atoms with Crippen molar-refractivity contribution in [2.24, 2.45) is 5.73 Å². The van der Waals surface area contributed by atoms with Crippen LogP contribution in [-0.2, 0) is 0 Å². The Bertz CT molecular complexity index is 796. The molecule has 1 heterocycles. The Labute approximate surface area is 126 Å². The van der Waals surface area contributed by atoms with Crippen molar-refractivity contribution in [2.45, 2.75) is 0 Å². The lowest BCUT2D eigenvalue weighted by Crippen LogP contribution is -2.13. The highest BCUT2D eigenvalue weighted by Gasteiger charge is 2.16. The third-order valence-corrected chi connectivity index (χ3v) is 4.01. The first-order chi connectivity index (χ1) is 10.2. The lowest BCUT2D eigenvalue weighted by molar-refractivity contribution is 0.100. The minimum atomic E-state index is -0.506. The standard InChI is InChI=1S/C16H13N3OS/c17-12-8-4-7-11(15(18)20)14(12)16-19-13(9-21-16)10-5-2-1-3-6-10/h1-9H,17H2,(H2,18,20). The zero-order valence-electron chi connectivity index (χ0n) is 11.1. The number of carbonyl (C=O) groups is 1. The third kappa shape index (κ3) is 2.51. The van der Waals surface area contributed by atoms with Gasteiger partial charge in [0.15, 0.2) is 0 Å². The van der Waals surface area contributed by atoms with E-state index in [1.165, 1.54) is 11.3 Å². The molecule has 4 N–H and O–H groups in total. The maximum Gasteiger partial charge on any atom is 0.249 e. The van der Waals surface area contributed by atoms with Gasteiger partial charge in [0.1, 0.15) is 5.01 Å². The summed E-state index contributed by atoms with van der Waals surface area (Å²) in [7, 11) is 0. The van der Waals surface area contributed by atoms with Crippen molar-refractivity contribution in [3.63, 3.8) is 0 Å². The van der Waals surface area contributed by atoms with Crippen molar-refractivity contribution in [1.82, 2.24) is 4.98 Å². The minimum absolute atomic E-state index is 0.393. The summed E-state index contributed by atoms with van der Waals surface area (Å²) >= 11 is 1.44. The van der Waals surface area contributed by atoms with Gasteiger partial charge in [-0.25, -0.2) is 4.98 Å². The molecule has 0 saturated carbocycles. The zero-order valence-corrected chi connectivity index (χ0v) is 11.9. The molecule has 0 bridgehead atoms. The number of hydrogen-bond acceptors (Lipinski definition) is 4. The molecule has 5 heteroatoms. The average Bonchev–Trinajstić information content (AvgIpc) is 2.97. The molecule has 3 rings (SSSR count). The first-order valence-corrected chi connectivity index (χ1v) is 7.24. The fourth-order valence-electron chi connectivity index (χ4n) is 2.14. The fourth-order valence-corrected chi connectivity index (χ4v) is 3.05. The van der Waals surface area contributed by atoms with Gasteiger partial charge in [0.05, 0.1) is 11.3 Å². The van der Waals surface area contributed by atoms with Crippen LogP contribution in [0.25, 0.3) is 21.8 Å². The number of nitrogen functional groups attached to an aromatic ring is 1. The van der Waals surface area contributed by atoms with Crippen molar-refractivity contribution >= 4 is 22.9 Å². The summed E-state index contributed by atoms with van der Waals surface area (Å²) in [5.74, 6) is -0.506. The van der Waals surface area contributed by atoms with E-state index in [0.717, 1.165) is 11.3 Å². The SMILES string of the molecule is NC(=O)c1cccc(N)c1-c1nc(-c2ccccc2)cs1. The smallest absolute Gasteiger partial charge is 0.249 e. The maximum absolute atomic E-state index is 11.6. The summed E-state index contributed by atoms with van der Waals surface area (Å²) < 4.78 is 0. The van der Waals surface area contributed by atoms with Gasteiger partial charge in [0, 0.05) is 22.2 Å². The molecule has 0 aliphatic carbocycles. The molecular weight excluding hydrogens is 282 g/mol. The number of primary amides is 1. The van der Waals surface area contributed by atoms with Gasteiger partial charge >= 0.3 is 0 Å². The number of aromatic nitrogens is 1. The number of carbonyl (C=O) groups excluding carboxylic acids is 1. The number of nitrogens with two attached hydrogens (primary N) is 2. The van der Waals surface area contributed by atoms with Crippen molar-refractivity contribution in [3.05, 3.63) is 59.5 Å². The normalized spacial score (nSPS) is 10.5. The van der Waals surface area contributed by atoms with E-state index >= 15 is 0 Å². The number of amides is 1. The monoisotopic (exact) mass is 295 g/mol. The topological polar surface area (TPSA) is 82.0 Å². The summed E-state index contributed by atoms with van der Waals surface area (Å²) in [5.41, 5.74) is 14.8. The van der Waals surface area contributed by atoms with E-state index in [-0.39, 0.29) is 0 Å². The minimum Gasteiger partial charge on any atom is -0.398 e. The number of thiazole rings is 1. The van der Waals surface area contributed by atoms with Gasteiger partial charge in [-0.05, 0) is 12.1 Å². The molecule has 0 atom stereocenters. The second kappa shape index (κ2) is 5.38. The third-order valence-electron chi connectivity index (χ3n) is 3.15. The van der Waals surface area contributed by atoms with E-state index < -0.39 is 5.91 Å². The molecule has 1 amide bonds. The second-order valence-electron chi connectivity index (χ2n) is 4.54. The summed E-state index contributed by atoms with van der Waals surface area (Å²) in [6, 6.07) is 15.0. The van der Waals surface area contributed by atoms with E-state index in [0.29, 0.717) is 21.8 Å². The summed E-state index contributed by atoms with van der Waals surface area (Å²) in [5, 5.41) is 2.64. The number of benzene rings is 2. The molecule has 21 heavy (non-hydrogen) atoms. The van der Waals surface area contributed by atoms with Gasteiger partial charge in [-0.2, -0.15) is 0 Å². The molecule has 0 aliphatic heterocycles. The van der Waals surface area contributed by atoms with Crippen LogP contribution in [0.2, 0.25) is 0 Å². The average molecular weight is 295 g/mol. The molecule has 0 spiro atoms. The lowest BCUT2D eigenvalue weighted by Gasteiger charge is -2.06. The van der Waals surface area contributed by atoms with E-state index in [2.05, 4.69) is 4.98 Å². The maximum atomic E-state index is 11.6. The summed E-state index contributed by atoms with van der Waals surface area (Å²) in [6.07, 6.45) is 0. The first kappa shape index (κ1) is 13.3. The first-order valence-electron chi connectivity index (χ1n) is 6.36. The Balaban J connectivity index is 2.11. The Morgan fingerprint density at radius 2 is 1.81 bits per heavy atom. The van der Waals surface area contributed by atoms with Crippen LogP contribution < -0.4 is 11.5 Å². The van der Waals surface area contributed by atoms with Crippen LogP contribution in [0, 0.1) is 0 Å². The van der Waals surface area contributed by atoms with Crippen LogP contribution in [0.5, 0.6) is 0 Å². The lowest BCUT2D eigenvalue weighted by atomic mass is 10.1. The van der Waals surface area contributed by atoms with Gasteiger partial charge in [-0.3, -0.25) is 4.79 Å². The molecule has 0 radical (unpaired) electrons. The predicted molar refractivity (Wildman–Crippen MR) is 85.9 cm³/mol. The van der Waals surface area contributed by atoms with Gasteiger partial charge in [0.25, 0.3) is 0 Å². The van der Waals surface area contributed by atoms with Crippen LogP contribution in [0.15, 0.2) is 53.9 Å². The van der Waals surface area contributed by atoms with Crippen molar-refractivity contribution in [3.8, 4) is 21.8 Å². The van der Waals surface area contributed by atoms with Gasteiger partial charge in [-0.1, -0.05) is 36.4 Å². The summed E-state index contributed by atoms with van der Waals surface area (Å²) in [4.78, 5) is 16.2. The Kier molecular flexibility index (Phi) is 3.41. The van der Waals surface area contributed by atoms with E-state index in [4.69, 9.17) is 11.5 Å². The van der Waals surface area contributed by atoms with Gasteiger partial charge in [0.2, 0.25) is 5.91 Å². The van der Waals surface area contributed by atoms with Crippen LogP contribution in [0.3, 0.4) is 0 Å². The predicted octanol–water partition coefficient (Wildman–Crippen LogP) is 3.16. The molecule has 2 aromatic carbocycles. The van der Waals surface area contributed by atoms with Crippen molar-refractivity contribution < 1.29 is 4.79 Å². The Morgan fingerprint density at radius 1 is 1.05 bits per heavy atom. The molecule has 0 saturated heterocycles. The largest absolute Gasteiger partial charge is 0.398 e. The van der Waals surface area contributed by atoms with Gasteiger partial charge < -0.3 is 11.5 Å². The number of rotatable bonds is 3. The molecule has 3 aromatic rings.